The van der Waals surface area contributed by atoms with Gasteiger partial charge in [0.2, 0.25) is 0 Å². The summed E-state index contributed by atoms with van der Waals surface area (Å²) in [6, 6.07) is 1.84. The lowest BCUT2D eigenvalue weighted by atomic mass is 10.0. The van der Waals surface area contributed by atoms with Crippen molar-refractivity contribution in [2.75, 3.05) is 13.6 Å². The van der Waals surface area contributed by atoms with Gasteiger partial charge in [0.15, 0.2) is 0 Å². The molecule has 0 radical (unpaired) electrons. The molecule has 82 valence electrons. The molecule has 4 heteroatoms. The summed E-state index contributed by atoms with van der Waals surface area (Å²) in [7, 11) is 3.85. The minimum absolute atomic E-state index is 0.0687. The molecule has 2 rings (SSSR count). The summed E-state index contributed by atoms with van der Waals surface area (Å²) in [5.41, 5.74) is 2.69. The number of hydrogen-bond acceptors (Lipinski definition) is 3. The molecule has 1 N–H and O–H groups in total. The Kier molecular flexibility index (Phi) is 2.63. The minimum Gasteiger partial charge on any atom is -0.391 e. The molecule has 0 aliphatic carbocycles. The Labute approximate surface area is 88.8 Å². The van der Waals surface area contributed by atoms with Gasteiger partial charge in [-0.15, -0.1) is 0 Å². The van der Waals surface area contributed by atoms with E-state index in [2.05, 4.69) is 11.9 Å². The van der Waals surface area contributed by atoms with E-state index in [1.807, 2.05) is 6.07 Å². The van der Waals surface area contributed by atoms with Gasteiger partial charge in [0.1, 0.15) is 0 Å². The number of rotatable bonds is 1. The van der Waals surface area contributed by atoms with E-state index in [-0.39, 0.29) is 12.2 Å². The fraction of sp³-hybridized carbons (Fsp3) is 0.545. The zero-order valence-electron chi connectivity index (χ0n) is 9.16. The van der Waals surface area contributed by atoms with Crippen molar-refractivity contribution in [3.8, 4) is 0 Å². The van der Waals surface area contributed by atoms with Crippen LogP contribution < -0.4 is 5.56 Å². The van der Waals surface area contributed by atoms with Crippen LogP contribution >= 0.6 is 0 Å². The molecule has 15 heavy (non-hydrogen) atoms. The second kappa shape index (κ2) is 3.79. The van der Waals surface area contributed by atoms with Crippen LogP contribution in [0.15, 0.2) is 10.9 Å². The van der Waals surface area contributed by atoms with Gasteiger partial charge < -0.3 is 14.6 Å². The standard InChI is InChI=1S/C11H16N2O2/c1-12-4-3-10-8(6-12)5-9(7-14)11(15)13(10)2/h5,14H,3-4,6-7H2,1-2H3. The van der Waals surface area contributed by atoms with Gasteiger partial charge in [-0.2, -0.15) is 0 Å². The van der Waals surface area contributed by atoms with Gasteiger partial charge in [0.05, 0.1) is 6.61 Å². The Balaban J connectivity index is 2.58. The van der Waals surface area contributed by atoms with Crippen molar-refractivity contribution in [3.63, 3.8) is 0 Å². The summed E-state index contributed by atoms with van der Waals surface area (Å²) in [6.45, 7) is 1.67. The lowest BCUT2D eigenvalue weighted by Crippen LogP contribution is -2.34. The maximum Gasteiger partial charge on any atom is 0.256 e. The lowest BCUT2D eigenvalue weighted by molar-refractivity contribution is 0.275. The molecule has 4 nitrogen and oxygen atoms in total. The third-order valence-electron chi connectivity index (χ3n) is 3.04. The molecule has 0 aromatic carbocycles. The molecule has 0 spiro atoms. The first-order chi connectivity index (χ1) is 7.13. The topological polar surface area (TPSA) is 45.5 Å². The molecule has 0 unspecified atom stereocenters. The Morgan fingerprint density at radius 2 is 2.20 bits per heavy atom. The quantitative estimate of drug-likeness (QED) is 0.699. The van der Waals surface area contributed by atoms with Crippen LogP contribution in [-0.2, 0) is 26.6 Å². The van der Waals surface area contributed by atoms with E-state index < -0.39 is 0 Å². The summed E-state index contributed by atoms with van der Waals surface area (Å²) in [5, 5.41) is 9.08. The fourth-order valence-electron chi connectivity index (χ4n) is 2.15. The summed E-state index contributed by atoms with van der Waals surface area (Å²) in [5.74, 6) is 0. The van der Waals surface area contributed by atoms with Crippen molar-refractivity contribution < 1.29 is 5.11 Å². The van der Waals surface area contributed by atoms with Gasteiger partial charge in [0, 0.05) is 37.8 Å². The van der Waals surface area contributed by atoms with Gasteiger partial charge >= 0.3 is 0 Å². The van der Waals surface area contributed by atoms with Crippen molar-refractivity contribution in [2.45, 2.75) is 19.6 Å². The molecule has 1 aliphatic rings. The highest BCUT2D eigenvalue weighted by Gasteiger charge is 2.17. The maximum atomic E-state index is 11.7. The van der Waals surface area contributed by atoms with Crippen molar-refractivity contribution in [1.29, 1.82) is 0 Å². The zero-order chi connectivity index (χ0) is 11.0. The summed E-state index contributed by atoms with van der Waals surface area (Å²) in [4.78, 5) is 14.0. The number of aromatic nitrogens is 1. The van der Waals surface area contributed by atoms with Gasteiger partial charge in [-0.1, -0.05) is 0 Å². The van der Waals surface area contributed by atoms with Crippen LogP contribution in [0.5, 0.6) is 0 Å². The number of aliphatic hydroxyl groups is 1. The van der Waals surface area contributed by atoms with E-state index in [9.17, 15) is 4.79 Å². The van der Waals surface area contributed by atoms with Crippen molar-refractivity contribution in [1.82, 2.24) is 9.47 Å². The predicted octanol–water partition coefficient (Wildman–Crippen LogP) is -0.135. The Hall–Kier alpha value is -1.13. The van der Waals surface area contributed by atoms with Crippen LogP contribution in [0, 0.1) is 0 Å². The highest BCUT2D eigenvalue weighted by atomic mass is 16.3. The molecule has 1 aromatic rings. The van der Waals surface area contributed by atoms with Gasteiger partial charge in [0.25, 0.3) is 5.56 Å². The Bertz CT molecular complexity index is 437. The number of aliphatic hydroxyl groups excluding tert-OH is 1. The summed E-state index contributed by atoms with van der Waals surface area (Å²) in [6.07, 6.45) is 0.906. The first kappa shape index (κ1) is 10.4. The first-order valence-corrected chi connectivity index (χ1v) is 5.13. The maximum absolute atomic E-state index is 11.7. The second-order valence-corrected chi connectivity index (χ2v) is 4.15. The minimum atomic E-state index is -0.177. The monoisotopic (exact) mass is 208 g/mol. The van der Waals surface area contributed by atoms with Crippen LogP contribution in [0.1, 0.15) is 16.8 Å². The van der Waals surface area contributed by atoms with E-state index in [0.29, 0.717) is 5.56 Å². The summed E-state index contributed by atoms with van der Waals surface area (Å²) >= 11 is 0. The van der Waals surface area contributed by atoms with Crippen LogP contribution in [-0.4, -0.2) is 28.2 Å². The van der Waals surface area contributed by atoms with Crippen LogP contribution in [0.25, 0.3) is 0 Å². The largest absolute Gasteiger partial charge is 0.391 e. The zero-order valence-corrected chi connectivity index (χ0v) is 9.16. The van der Waals surface area contributed by atoms with Crippen LogP contribution in [0.4, 0.5) is 0 Å². The number of likely N-dealkylation sites (N-methyl/N-ethyl adjacent to an activating group) is 1. The van der Waals surface area contributed by atoms with Crippen molar-refractivity contribution in [3.05, 3.63) is 33.2 Å². The number of fused-ring (bicyclic) bond motifs is 1. The molecule has 0 fully saturated rings. The third kappa shape index (κ3) is 1.70. The molecule has 0 amide bonds. The molecule has 1 aliphatic heterocycles. The number of pyridine rings is 1. The molecule has 0 bridgehead atoms. The van der Waals surface area contributed by atoms with Gasteiger partial charge in [-0.3, -0.25) is 4.79 Å². The van der Waals surface area contributed by atoms with Crippen LogP contribution in [0.2, 0.25) is 0 Å². The third-order valence-corrected chi connectivity index (χ3v) is 3.04. The highest BCUT2D eigenvalue weighted by Crippen LogP contribution is 2.16. The first-order valence-electron chi connectivity index (χ1n) is 5.13. The smallest absolute Gasteiger partial charge is 0.256 e. The van der Waals surface area contributed by atoms with E-state index >= 15 is 0 Å². The predicted molar refractivity (Wildman–Crippen MR) is 57.6 cm³/mol. The molecular formula is C11H16N2O2. The van der Waals surface area contributed by atoms with Crippen molar-refractivity contribution in [2.24, 2.45) is 7.05 Å². The second-order valence-electron chi connectivity index (χ2n) is 4.15. The lowest BCUT2D eigenvalue weighted by Gasteiger charge is -2.26. The van der Waals surface area contributed by atoms with Crippen molar-refractivity contribution >= 4 is 0 Å². The molecule has 0 atom stereocenters. The highest BCUT2D eigenvalue weighted by molar-refractivity contribution is 5.28. The molecule has 1 aromatic heterocycles. The van der Waals surface area contributed by atoms with Gasteiger partial charge in [-0.05, 0) is 18.7 Å². The molecule has 2 heterocycles. The molecular weight excluding hydrogens is 192 g/mol. The SMILES string of the molecule is CN1CCc2c(cc(CO)c(=O)n2C)C1. The molecule has 0 saturated heterocycles. The van der Waals surface area contributed by atoms with E-state index in [1.165, 1.54) is 0 Å². The Morgan fingerprint density at radius 1 is 1.47 bits per heavy atom. The fourth-order valence-corrected chi connectivity index (χ4v) is 2.15. The number of nitrogens with zero attached hydrogens (tertiary/aromatic N) is 2. The Morgan fingerprint density at radius 3 is 2.87 bits per heavy atom. The van der Waals surface area contributed by atoms with E-state index in [1.54, 1.807) is 11.6 Å². The summed E-state index contributed by atoms with van der Waals surface area (Å²) < 4.78 is 1.67. The van der Waals surface area contributed by atoms with Gasteiger partial charge in [-0.25, -0.2) is 0 Å². The average molecular weight is 208 g/mol. The van der Waals surface area contributed by atoms with E-state index in [4.69, 9.17) is 5.11 Å². The number of hydrogen-bond donors (Lipinski definition) is 1. The normalized spacial score (nSPS) is 16.5. The van der Waals surface area contributed by atoms with Crippen LogP contribution in [0.3, 0.4) is 0 Å². The molecule has 0 saturated carbocycles. The average Bonchev–Trinajstić information content (AvgIpc) is 2.23. The van der Waals surface area contributed by atoms with E-state index in [0.717, 1.165) is 30.8 Å².